The topological polar surface area (TPSA) is 187 Å². The summed E-state index contributed by atoms with van der Waals surface area (Å²) in [6, 6.07) is 0. The highest BCUT2D eigenvalue weighted by Gasteiger charge is 2.75. The van der Waals surface area contributed by atoms with Crippen LogP contribution in [0.5, 0.6) is 0 Å². The Hall–Kier alpha value is -2.83. The lowest BCUT2D eigenvalue weighted by Crippen LogP contribution is -2.69. The van der Waals surface area contributed by atoms with Crippen LogP contribution in [0.2, 0.25) is 0 Å². The van der Waals surface area contributed by atoms with Crippen molar-refractivity contribution in [1.82, 2.24) is 4.98 Å². The van der Waals surface area contributed by atoms with Crippen LogP contribution in [0.1, 0.15) is 136 Å². The Morgan fingerprint density at radius 2 is 1.66 bits per heavy atom. The molecule has 8 rings (SSSR count). The highest BCUT2D eigenvalue weighted by atomic mass is 16.7. The molecule has 14 unspecified atom stereocenters. The minimum atomic E-state index is -1.79. The molecule has 0 aromatic carbocycles. The van der Waals surface area contributed by atoms with Crippen molar-refractivity contribution in [3.8, 4) is 0 Å². The van der Waals surface area contributed by atoms with Gasteiger partial charge in [-0.25, -0.2) is 4.79 Å². The zero-order chi connectivity index (χ0) is 41.7. The van der Waals surface area contributed by atoms with Gasteiger partial charge in [0.25, 0.3) is 0 Å². The molecular weight excluding hydrogens is 739 g/mol. The molecule has 1 spiro atoms. The van der Waals surface area contributed by atoms with E-state index in [1.165, 1.54) is 16.7 Å². The maximum absolute atomic E-state index is 13.7. The van der Waals surface area contributed by atoms with Gasteiger partial charge in [0.1, 0.15) is 24.6 Å². The summed E-state index contributed by atoms with van der Waals surface area (Å²) < 4.78 is 12.3. The normalized spacial score (nSPS) is 46.4. The zero-order valence-corrected chi connectivity index (χ0v) is 35.2. The summed E-state index contributed by atoms with van der Waals surface area (Å²) in [5.41, 5.74) is 1.31. The fourth-order valence-electron chi connectivity index (χ4n) is 15.6. The van der Waals surface area contributed by atoms with E-state index < -0.39 is 65.0 Å². The van der Waals surface area contributed by atoms with E-state index in [-0.39, 0.29) is 33.5 Å². The zero-order valence-electron chi connectivity index (χ0n) is 35.2. The molecule has 2 bridgehead atoms. The lowest BCUT2D eigenvalue weighted by atomic mass is 9.29. The number of aromatic amines is 1. The van der Waals surface area contributed by atoms with Crippen LogP contribution in [0.15, 0.2) is 36.2 Å². The number of allylic oxidation sites excluding steroid dienone is 4. The summed E-state index contributed by atoms with van der Waals surface area (Å²) in [7, 11) is 0. The number of carboxylic acids is 2. The summed E-state index contributed by atoms with van der Waals surface area (Å²) in [6.07, 6.45) is 16.3. The molecular formula is C47H67NO10. The number of aromatic nitrogens is 1. The van der Waals surface area contributed by atoms with Gasteiger partial charge in [-0.15, -0.1) is 0 Å². The van der Waals surface area contributed by atoms with Crippen molar-refractivity contribution < 1.29 is 49.4 Å². The van der Waals surface area contributed by atoms with Crippen LogP contribution in [0.3, 0.4) is 0 Å². The SMILES string of the molecule is CCc1c[nH]cc1CCC12CCC(OC3OC(C(=O)O)C(O)C(O)C3O)C(C)(C)C1CCC1(C)C2CC=C2C34C=CCC(C)(CCC3(C(=O)O)CCC21CCC=O)C4. The van der Waals surface area contributed by atoms with Crippen LogP contribution in [-0.4, -0.2) is 85.6 Å². The summed E-state index contributed by atoms with van der Waals surface area (Å²) in [6.45, 7) is 11.5. The van der Waals surface area contributed by atoms with E-state index in [1.54, 1.807) is 0 Å². The molecule has 1 aliphatic heterocycles. The lowest BCUT2D eigenvalue weighted by molar-refractivity contribution is -0.325. The van der Waals surface area contributed by atoms with Gasteiger partial charge in [-0.1, -0.05) is 58.4 Å². The number of hydrogen-bond donors (Lipinski definition) is 6. The Bertz CT molecular complexity index is 1850. The number of aliphatic hydroxyl groups is 3. The largest absolute Gasteiger partial charge is 0.481 e. The van der Waals surface area contributed by atoms with Crippen LogP contribution in [0.25, 0.3) is 0 Å². The maximum atomic E-state index is 13.7. The van der Waals surface area contributed by atoms with Gasteiger partial charge in [0.15, 0.2) is 12.4 Å². The predicted molar refractivity (Wildman–Crippen MR) is 215 cm³/mol. The van der Waals surface area contributed by atoms with E-state index in [2.05, 4.69) is 70.2 Å². The first-order valence-corrected chi connectivity index (χ1v) is 22.2. The summed E-state index contributed by atoms with van der Waals surface area (Å²) in [5, 5.41) is 53.1. The van der Waals surface area contributed by atoms with Gasteiger partial charge in [-0.2, -0.15) is 0 Å². The first kappa shape index (κ1) is 41.9. The van der Waals surface area contributed by atoms with Crippen molar-refractivity contribution in [2.45, 2.75) is 174 Å². The van der Waals surface area contributed by atoms with Crippen molar-refractivity contribution in [1.29, 1.82) is 0 Å². The number of carbonyl (C=O) groups excluding carboxylic acids is 1. The highest BCUT2D eigenvalue weighted by Crippen LogP contribution is 2.81. The number of hydrogen-bond acceptors (Lipinski definition) is 8. The molecule has 1 saturated heterocycles. The van der Waals surface area contributed by atoms with Crippen molar-refractivity contribution >= 4 is 18.2 Å². The molecule has 320 valence electrons. The molecule has 11 heteroatoms. The average Bonchev–Trinajstić information content (AvgIpc) is 3.64. The average molecular weight is 806 g/mol. The molecule has 7 aliphatic rings. The van der Waals surface area contributed by atoms with E-state index in [0.717, 1.165) is 76.9 Å². The number of ether oxygens (including phenoxy) is 2. The van der Waals surface area contributed by atoms with E-state index in [1.807, 2.05) is 0 Å². The van der Waals surface area contributed by atoms with Gasteiger partial charge in [-0.3, -0.25) is 4.79 Å². The van der Waals surface area contributed by atoms with Crippen molar-refractivity contribution in [3.05, 3.63) is 47.3 Å². The smallest absolute Gasteiger partial charge is 0.335 e. The molecule has 1 aromatic heterocycles. The molecule has 58 heavy (non-hydrogen) atoms. The van der Waals surface area contributed by atoms with Gasteiger partial charge in [-0.05, 0) is 146 Å². The van der Waals surface area contributed by atoms with E-state index >= 15 is 0 Å². The van der Waals surface area contributed by atoms with Gasteiger partial charge < -0.3 is 44.8 Å². The molecule has 2 heterocycles. The van der Waals surface area contributed by atoms with Crippen molar-refractivity contribution in [2.24, 2.45) is 49.7 Å². The van der Waals surface area contributed by atoms with Crippen LogP contribution >= 0.6 is 0 Å². The van der Waals surface area contributed by atoms with Crippen molar-refractivity contribution in [3.63, 3.8) is 0 Å². The number of aryl methyl sites for hydroxylation is 2. The number of rotatable bonds is 11. The number of carboxylic acid groups (broad SMARTS) is 2. The summed E-state index contributed by atoms with van der Waals surface area (Å²) in [5.74, 6) is -1.72. The number of fused-ring (bicyclic) bond motifs is 6. The number of H-pyrrole nitrogens is 1. The first-order valence-electron chi connectivity index (χ1n) is 22.2. The van der Waals surface area contributed by atoms with Gasteiger partial charge in [0.2, 0.25) is 0 Å². The number of carbonyl (C=O) groups is 3. The molecule has 6 N–H and O–H groups in total. The van der Waals surface area contributed by atoms with Crippen LogP contribution in [-0.2, 0) is 36.7 Å². The minimum Gasteiger partial charge on any atom is -0.481 e. The maximum Gasteiger partial charge on any atom is 0.335 e. The van der Waals surface area contributed by atoms with Gasteiger partial charge in [0.05, 0.1) is 11.5 Å². The standard InChI is InChI=1S/C47H67NO10/c1-6-28-25-48-26-29(28)11-18-44-19-13-33(57-39-36(52)34(50)35(51)37(58-39)38(53)54)41(2,3)30(44)12-17-43(5)31(44)9-10-32-45(43,16-8-24-49)22-23-46(40(55)56)21-20-42(4)14-7-15-47(32,46)27-42/h7,10,15,24-26,30-31,33-37,39,48,50-52H,6,8-9,11-14,16-23,27H2,1-5H3,(H,53,54)(H,55,56). The predicted octanol–water partition coefficient (Wildman–Crippen LogP) is 6.92. The molecule has 11 nitrogen and oxygen atoms in total. The molecule has 5 fully saturated rings. The van der Waals surface area contributed by atoms with Crippen molar-refractivity contribution in [2.75, 3.05) is 0 Å². The van der Waals surface area contributed by atoms with Crippen LogP contribution in [0.4, 0.5) is 0 Å². The van der Waals surface area contributed by atoms with Gasteiger partial charge >= 0.3 is 11.9 Å². The Morgan fingerprint density at radius 1 is 0.914 bits per heavy atom. The van der Waals surface area contributed by atoms with Crippen LogP contribution in [0, 0.1) is 49.7 Å². The Morgan fingerprint density at radius 3 is 2.36 bits per heavy atom. The van der Waals surface area contributed by atoms with Crippen LogP contribution < -0.4 is 0 Å². The molecule has 1 aromatic rings. The summed E-state index contributed by atoms with van der Waals surface area (Å²) >= 11 is 0. The van der Waals surface area contributed by atoms with E-state index in [9.17, 15) is 39.9 Å². The van der Waals surface area contributed by atoms with Gasteiger partial charge in [0, 0.05) is 24.2 Å². The molecule has 14 atom stereocenters. The number of aliphatic hydroxyl groups excluding tert-OH is 3. The molecule has 0 radical (unpaired) electrons. The number of aldehydes is 1. The molecule has 4 saturated carbocycles. The third-order valence-electron chi connectivity index (χ3n) is 18.4. The molecule has 6 aliphatic carbocycles. The third-order valence-corrected chi connectivity index (χ3v) is 18.4. The first-order chi connectivity index (χ1) is 27.4. The summed E-state index contributed by atoms with van der Waals surface area (Å²) in [4.78, 5) is 41.5. The number of nitrogens with one attached hydrogen (secondary N) is 1. The second-order valence-electron chi connectivity index (χ2n) is 21.0. The Kier molecular flexibility index (Phi) is 10.4. The quantitative estimate of drug-likeness (QED) is 0.0779. The third kappa shape index (κ3) is 5.71. The second-order valence-corrected chi connectivity index (χ2v) is 21.0. The fraction of sp³-hybridized carbons (Fsp3) is 0.766. The Balaban J connectivity index is 1.23. The minimum absolute atomic E-state index is 0.0309. The molecule has 0 amide bonds. The number of aliphatic carboxylic acids is 2. The monoisotopic (exact) mass is 805 g/mol. The second kappa shape index (κ2) is 14.4. The van der Waals surface area contributed by atoms with E-state index in [0.29, 0.717) is 32.1 Å². The Labute approximate surface area is 343 Å². The van der Waals surface area contributed by atoms with E-state index in [4.69, 9.17) is 9.47 Å². The fourth-order valence-corrected chi connectivity index (χ4v) is 15.6. The highest BCUT2D eigenvalue weighted by molar-refractivity contribution is 5.79. The lowest BCUT2D eigenvalue weighted by Gasteiger charge is -2.74.